The zero-order valence-corrected chi connectivity index (χ0v) is 11.4. The lowest BCUT2D eigenvalue weighted by molar-refractivity contribution is 0.201. The molecule has 0 saturated carbocycles. The Hall–Kier alpha value is -0.810. The standard InChI is InChI=1S/C11H20ClN3O2/c1-4-9(2)15(7-8-16-3)11-14-13-10(17-11)5-6-12/h9H,4-8H2,1-3H3. The Morgan fingerprint density at radius 3 is 2.82 bits per heavy atom. The molecular weight excluding hydrogens is 242 g/mol. The first-order valence-corrected chi connectivity index (χ1v) is 6.40. The molecule has 0 N–H and O–H groups in total. The van der Waals surface area contributed by atoms with Crippen molar-refractivity contribution in [1.29, 1.82) is 0 Å². The fourth-order valence-corrected chi connectivity index (χ4v) is 1.62. The van der Waals surface area contributed by atoms with Gasteiger partial charge in [-0.05, 0) is 13.3 Å². The summed E-state index contributed by atoms with van der Waals surface area (Å²) in [5.41, 5.74) is 0. The van der Waals surface area contributed by atoms with Gasteiger partial charge in [-0.25, -0.2) is 0 Å². The van der Waals surface area contributed by atoms with E-state index in [-0.39, 0.29) is 0 Å². The summed E-state index contributed by atoms with van der Waals surface area (Å²) < 4.78 is 10.7. The number of ether oxygens (including phenoxy) is 1. The van der Waals surface area contributed by atoms with E-state index >= 15 is 0 Å². The van der Waals surface area contributed by atoms with Crippen molar-refractivity contribution < 1.29 is 9.15 Å². The van der Waals surface area contributed by atoms with Crippen molar-refractivity contribution >= 4 is 17.6 Å². The van der Waals surface area contributed by atoms with Gasteiger partial charge in [0, 0.05) is 32.0 Å². The van der Waals surface area contributed by atoms with Crippen LogP contribution in [0, 0.1) is 0 Å². The maximum atomic E-state index is 5.64. The van der Waals surface area contributed by atoms with E-state index in [1.807, 2.05) is 0 Å². The Morgan fingerprint density at radius 2 is 2.24 bits per heavy atom. The van der Waals surface area contributed by atoms with Crippen LogP contribution in [0.1, 0.15) is 26.2 Å². The predicted molar refractivity (Wildman–Crippen MR) is 67.7 cm³/mol. The summed E-state index contributed by atoms with van der Waals surface area (Å²) in [7, 11) is 1.68. The van der Waals surface area contributed by atoms with Crippen molar-refractivity contribution in [1.82, 2.24) is 10.2 Å². The molecule has 0 spiro atoms. The van der Waals surface area contributed by atoms with E-state index in [1.54, 1.807) is 7.11 Å². The fraction of sp³-hybridized carbons (Fsp3) is 0.818. The summed E-state index contributed by atoms with van der Waals surface area (Å²) in [6.07, 6.45) is 1.62. The highest BCUT2D eigenvalue weighted by atomic mass is 35.5. The van der Waals surface area contributed by atoms with Gasteiger partial charge in [0.1, 0.15) is 0 Å². The molecule has 0 radical (unpaired) electrons. The molecule has 1 atom stereocenters. The van der Waals surface area contributed by atoms with E-state index in [0.29, 0.717) is 36.9 Å². The Kier molecular flexibility index (Phi) is 6.29. The van der Waals surface area contributed by atoms with Crippen LogP contribution in [0.4, 0.5) is 6.01 Å². The second-order valence-electron chi connectivity index (χ2n) is 3.86. The minimum Gasteiger partial charge on any atom is -0.408 e. The van der Waals surface area contributed by atoms with Crippen molar-refractivity contribution in [3.63, 3.8) is 0 Å². The number of hydrogen-bond acceptors (Lipinski definition) is 5. The first-order valence-electron chi connectivity index (χ1n) is 5.86. The van der Waals surface area contributed by atoms with Crippen molar-refractivity contribution in [2.45, 2.75) is 32.7 Å². The van der Waals surface area contributed by atoms with Crippen molar-refractivity contribution in [3.8, 4) is 0 Å². The number of methoxy groups -OCH3 is 1. The third kappa shape index (κ3) is 4.16. The number of rotatable bonds is 8. The minimum atomic E-state index is 0.342. The highest BCUT2D eigenvalue weighted by Gasteiger charge is 2.18. The van der Waals surface area contributed by atoms with Gasteiger partial charge in [-0.15, -0.1) is 16.7 Å². The Bertz CT molecular complexity index is 319. The van der Waals surface area contributed by atoms with Crippen LogP contribution in [0.5, 0.6) is 0 Å². The SMILES string of the molecule is CCC(C)N(CCOC)c1nnc(CCCl)o1. The number of halogens is 1. The predicted octanol–water partition coefficient (Wildman–Crippen LogP) is 2.10. The van der Waals surface area contributed by atoms with Gasteiger partial charge < -0.3 is 14.1 Å². The van der Waals surface area contributed by atoms with Crippen LogP contribution in [0.15, 0.2) is 4.42 Å². The van der Waals surface area contributed by atoms with Crippen LogP contribution in [0.2, 0.25) is 0 Å². The fourth-order valence-electron chi connectivity index (χ4n) is 1.46. The Morgan fingerprint density at radius 1 is 1.47 bits per heavy atom. The molecule has 6 heteroatoms. The molecule has 0 fully saturated rings. The number of hydrogen-bond donors (Lipinski definition) is 0. The third-order valence-corrected chi connectivity index (χ3v) is 2.86. The van der Waals surface area contributed by atoms with E-state index in [0.717, 1.165) is 13.0 Å². The highest BCUT2D eigenvalue weighted by Crippen LogP contribution is 2.17. The van der Waals surface area contributed by atoms with Crippen LogP contribution < -0.4 is 4.90 Å². The van der Waals surface area contributed by atoms with Crippen LogP contribution in [0.3, 0.4) is 0 Å². The van der Waals surface area contributed by atoms with Crippen LogP contribution in [0.25, 0.3) is 0 Å². The summed E-state index contributed by atoms with van der Waals surface area (Å²) in [6.45, 7) is 5.63. The smallest absolute Gasteiger partial charge is 0.318 e. The first-order chi connectivity index (χ1) is 8.22. The number of aryl methyl sites for hydroxylation is 1. The molecule has 0 amide bonds. The van der Waals surface area contributed by atoms with E-state index in [4.69, 9.17) is 20.8 Å². The molecule has 0 saturated heterocycles. The average Bonchev–Trinajstić information content (AvgIpc) is 2.78. The molecule has 1 aromatic rings. The maximum Gasteiger partial charge on any atom is 0.318 e. The van der Waals surface area contributed by atoms with Crippen molar-refractivity contribution in [3.05, 3.63) is 5.89 Å². The number of aromatic nitrogens is 2. The molecule has 1 aromatic heterocycles. The summed E-state index contributed by atoms with van der Waals surface area (Å²) in [6, 6.07) is 0.894. The molecule has 1 unspecified atom stereocenters. The molecule has 1 rings (SSSR count). The lowest BCUT2D eigenvalue weighted by atomic mass is 10.2. The molecule has 5 nitrogen and oxygen atoms in total. The normalized spacial score (nSPS) is 12.7. The number of anilines is 1. The molecule has 0 bridgehead atoms. The average molecular weight is 262 g/mol. The number of alkyl halides is 1. The first kappa shape index (κ1) is 14.3. The molecule has 0 aliphatic carbocycles. The summed E-state index contributed by atoms with van der Waals surface area (Å²) in [5.74, 6) is 1.07. The van der Waals surface area contributed by atoms with Gasteiger partial charge in [0.15, 0.2) is 0 Å². The molecule has 17 heavy (non-hydrogen) atoms. The third-order valence-electron chi connectivity index (χ3n) is 2.67. The lowest BCUT2D eigenvalue weighted by Gasteiger charge is -2.25. The van der Waals surface area contributed by atoms with Crippen LogP contribution >= 0.6 is 11.6 Å². The quantitative estimate of drug-likeness (QED) is 0.671. The lowest BCUT2D eigenvalue weighted by Crippen LogP contribution is -2.35. The van der Waals surface area contributed by atoms with Crippen molar-refractivity contribution in [2.75, 3.05) is 31.0 Å². The zero-order valence-electron chi connectivity index (χ0n) is 10.6. The van der Waals surface area contributed by atoms with Gasteiger partial charge in [-0.1, -0.05) is 12.0 Å². The van der Waals surface area contributed by atoms with Gasteiger partial charge in [0.05, 0.1) is 6.61 Å². The van der Waals surface area contributed by atoms with E-state index < -0.39 is 0 Å². The van der Waals surface area contributed by atoms with Gasteiger partial charge in [-0.2, -0.15) is 0 Å². The molecule has 1 heterocycles. The number of nitrogens with zero attached hydrogens (tertiary/aromatic N) is 3. The largest absolute Gasteiger partial charge is 0.408 e. The molecular formula is C11H20ClN3O2. The van der Waals surface area contributed by atoms with Crippen LogP contribution in [-0.2, 0) is 11.2 Å². The van der Waals surface area contributed by atoms with E-state index in [9.17, 15) is 0 Å². The molecule has 98 valence electrons. The minimum absolute atomic E-state index is 0.342. The summed E-state index contributed by atoms with van der Waals surface area (Å²) in [5, 5.41) is 8.02. The van der Waals surface area contributed by atoms with Gasteiger partial charge in [0.25, 0.3) is 0 Å². The highest BCUT2D eigenvalue weighted by molar-refractivity contribution is 6.17. The Balaban J connectivity index is 2.72. The zero-order chi connectivity index (χ0) is 12.7. The van der Waals surface area contributed by atoms with Gasteiger partial charge in [-0.3, -0.25) is 0 Å². The molecule has 0 aliphatic heterocycles. The summed E-state index contributed by atoms with van der Waals surface area (Å²) >= 11 is 5.64. The van der Waals surface area contributed by atoms with Crippen molar-refractivity contribution in [2.24, 2.45) is 0 Å². The topological polar surface area (TPSA) is 51.4 Å². The van der Waals surface area contributed by atoms with Gasteiger partial charge >= 0.3 is 6.01 Å². The second kappa shape index (κ2) is 7.50. The van der Waals surface area contributed by atoms with Crippen LogP contribution in [-0.4, -0.2) is 42.4 Å². The maximum absolute atomic E-state index is 5.64. The van der Waals surface area contributed by atoms with E-state index in [2.05, 4.69) is 28.9 Å². The van der Waals surface area contributed by atoms with Gasteiger partial charge in [0.2, 0.25) is 5.89 Å². The molecule has 0 aliphatic rings. The second-order valence-corrected chi connectivity index (χ2v) is 4.24. The molecule has 0 aromatic carbocycles. The van der Waals surface area contributed by atoms with E-state index in [1.165, 1.54) is 0 Å². The monoisotopic (exact) mass is 261 g/mol. The summed E-state index contributed by atoms with van der Waals surface area (Å²) in [4.78, 5) is 2.06. The Labute approximate surface area is 107 Å².